The molecule has 2 aromatic carbocycles. The van der Waals surface area contributed by atoms with E-state index in [1.54, 1.807) is 55.6 Å². The molecular formula is C16H16O4. The molecule has 0 fully saturated rings. The zero-order chi connectivity index (χ0) is 14.4. The highest BCUT2D eigenvalue weighted by atomic mass is 16.5. The van der Waals surface area contributed by atoms with Gasteiger partial charge in [0.2, 0.25) is 0 Å². The number of hydrogen-bond acceptors (Lipinski definition) is 4. The highest BCUT2D eigenvalue weighted by molar-refractivity contribution is 5.91. The van der Waals surface area contributed by atoms with Crippen molar-refractivity contribution >= 4 is 5.97 Å². The summed E-state index contributed by atoms with van der Waals surface area (Å²) in [7, 11) is 1.58. The molecule has 0 unspecified atom stereocenters. The second-order valence-electron chi connectivity index (χ2n) is 4.03. The summed E-state index contributed by atoms with van der Waals surface area (Å²) in [6, 6.07) is 13.7. The van der Waals surface area contributed by atoms with Crippen LogP contribution in [0.1, 0.15) is 17.3 Å². The fourth-order valence-corrected chi connectivity index (χ4v) is 1.69. The first kappa shape index (κ1) is 13.9. The Balaban J connectivity index is 2.08. The molecule has 0 saturated heterocycles. The predicted molar refractivity (Wildman–Crippen MR) is 75.6 cm³/mol. The molecule has 0 heterocycles. The van der Waals surface area contributed by atoms with Gasteiger partial charge in [0.1, 0.15) is 17.2 Å². The van der Waals surface area contributed by atoms with Crippen molar-refractivity contribution in [2.24, 2.45) is 0 Å². The number of carbonyl (C=O) groups excluding carboxylic acids is 1. The molecule has 0 radical (unpaired) electrons. The molecule has 0 atom stereocenters. The Labute approximate surface area is 117 Å². The summed E-state index contributed by atoms with van der Waals surface area (Å²) in [6.07, 6.45) is 0. The molecular weight excluding hydrogens is 256 g/mol. The first-order chi connectivity index (χ1) is 9.72. The zero-order valence-electron chi connectivity index (χ0n) is 11.5. The van der Waals surface area contributed by atoms with Gasteiger partial charge in [-0.2, -0.15) is 0 Å². The molecule has 0 aliphatic rings. The van der Waals surface area contributed by atoms with Gasteiger partial charge in [-0.3, -0.25) is 0 Å². The maximum absolute atomic E-state index is 12.0. The van der Waals surface area contributed by atoms with Crippen LogP contribution >= 0.6 is 0 Å². The highest BCUT2D eigenvalue weighted by Gasteiger charge is 2.09. The minimum Gasteiger partial charge on any atom is -0.497 e. The van der Waals surface area contributed by atoms with Gasteiger partial charge in [-0.1, -0.05) is 6.07 Å². The summed E-state index contributed by atoms with van der Waals surface area (Å²) >= 11 is 0. The van der Waals surface area contributed by atoms with Crippen LogP contribution in [0.5, 0.6) is 17.2 Å². The van der Waals surface area contributed by atoms with Gasteiger partial charge >= 0.3 is 5.97 Å². The molecule has 20 heavy (non-hydrogen) atoms. The molecule has 0 aliphatic carbocycles. The van der Waals surface area contributed by atoms with E-state index >= 15 is 0 Å². The second kappa shape index (κ2) is 6.61. The molecule has 4 nitrogen and oxygen atoms in total. The molecule has 4 heteroatoms. The summed E-state index contributed by atoms with van der Waals surface area (Å²) in [6.45, 7) is 2.44. The van der Waals surface area contributed by atoms with Gasteiger partial charge in [0.15, 0.2) is 0 Å². The average molecular weight is 272 g/mol. The molecule has 0 saturated carbocycles. The van der Waals surface area contributed by atoms with Crippen molar-refractivity contribution in [2.45, 2.75) is 6.92 Å². The van der Waals surface area contributed by atoms with E-state index < -0.39 is 5.97 Å². The molecule has 2 rings (SSSR count). The summed E-state index contributed by atoms with van der Waals surface area (Å²) in [4.78, 5) is 12.0. The van der Waals surface area contributed by atoms with Gasteiger partial charge in [0, 0.05) is 0 Å². The third-order valence-electron chi connectivity index (χ3n) is 2.65. The number of hydrogen-bond donors (Lipinski definition) is 0. The minimum absolute atomic E-state index is 0.420. The van der Waals surface area contributed by atoms with E-state index in [-0.39, 0.29) is 0 Å². The number of benzene rings is 2. The topological polar surface area (TPSA) is 44.8 Å². The van der Waals surface area contributed by atoms with E-state index in [2.05, 4.69) is 0 Å². The van der Waals surface area contributed by atoms with Crippen LogP contribution in [-0.4, -0.2) is 19.7 Å². The van der Waals surface area contributed by atoms with Crippen molar-refractivity contribution in [1.29, 1.82) is 0 Å². The van der Waals surface area contributed by atoms with Gasteiger partial charge in [-0.15, -0.1) is 0 Å². The standard InChI is InChI=1S/C16H16O4/c1-3-19-15-6-4-5-12(11-15)16(17)20-14-9-7-13(18-2)8-10-14/h4-11H,3H2,1-2H3. The summed E-state index contributed by atoms with van der Waals surface area (Å²) in [5, 5.41) is 0. The first-order valence-corrected chi connectivity index (χ1v) is 6.32. The smallest absolute Gasteiger partial charge is 0.343 e. The fourth-order valence-electron chi connectivity index (χ4n) is 1.69. The van der Waals surface area contributed by atoms with Gasteiger partial charge in [0.25, 0.3) is 0 Å². The molecule has 2 aromatic rings. The number of esters is 1. The van der Waals surface area contributed by atoms with Crippen LogP contribution in [0.25, 0.3) is 0 Å². The van der Waals surface area contributed by atoms with E-state index in [1.165, 1.54) is 0 Å². The third kappa shape index (κ3) is 3.51. The number of rotatable bonds is 5. The summed E-state index contributed by atoms with van der Waals surface area (Å²) in [5.41, 5.74) is 0.451. The second-order valence-corrected chi connectivity index (χ2v) is 4.03. The van der Waals surface area contributed by atoms with Crippen molar-refractivity contribution in [2.75, 3.05) is 13.7 Å². The van der Waals surface area contributed by atoms with Gasteiger partial charge in [-0.25, -0.2) is 4.79 Å². The maximum atomic E-state index is 12.0. The summed E-state index contributed by atoms with van der Waals surface area (Å²) < 4.78 is 15.7. The van der Waals surface area contributed by atoms with Crippen molar-refractivity contribution in [3.63, 3.8) is 0 Å². The Morgan fingerprint density at radius 2 is 1.70 bits per heavy atom. The Kier molecular flexibility index (Phi) is 4.60. The molecule has 0 amide bonds. The Hall–Kier alpha value is -2.49. The van der Waals surface area contributed by atoms with Crippen LogP contribution in [0.4, 0.5) is 0 Å². The van der Waals surface area contributed by atoms with Crippen LogP contribution in [0.2, 0.25) is 0 Å². The van der Waals surface area contributed by atoms with Crippen molar-refractivity contribution in [3.8, 4) is 17.2 Å². The molecule has 0 N–H and O–H groups in total. The van der Waals surface area contributed by atoms with Crippen LogP contribution in [0.3, 0.4) is 0 Å². The maximum Gasteiger partial charge on any atom is 0.343 e. The molecule has 0 aromatic heterocycles. The van der Waals surface area contributed by atoms with Gasteiger partial charge < -0.3 is 14.2 Å². The normalized spacial score (nSPS) is 9.90. The molecule has 0 aliphatic heterocycles. The Bertz CT molecular complexity index is 575. The SMILES string of the molecule is CCOc1cccc(C(=O)Oc2ccc(OC)cc2)c1. The molecule has 0 spiro atoms. The monoisotopic (exact) mass is 272 g/mol. The lowest BCUT2D eigenvalue weighted by atomic mass is 10.2. The van der Waals surface area contributed by atoms with Crippen LogP contribution < -0.4 is 14.2 Å². The largest absolute Gasteiger partial charge is 0.497 e. The Morgan fingerprint density at radius 3 is 2.35 bits per heavy atom. The fraction of sp³-hybridized carbons (Fsp3) is 0.188. The van der Waals surface area contributed by atoms with Crippen LogP contribution in [0.15, 0.2) is 48.5 Å². The number of carbonyl (C=O) groups is 1. The average Bonchev–Trinajstić information content (AvgIpc) is 2.48. The number of methoxy groups -OCH3 is 1. The first-order valence-electron chi connectivity index (χ1n) is 6.32. The van der Waals surface area contributed by atoms with Crippen LogP contribution in [-0.2, 0) is 0 Å². The highest BCUT2D eigenvalue weighted by Crippen LogP contribution is 2.19. The number of ether oxygens (including phenoxy) is 3. The molecule has 0 bridgehead atoms. The lowest BCUT2D eigenvalue weighted by Gasteiger charge is -2.07. The van der Waals surface area contributed by atoms with Crippen LogP contribution in [0, 0.1) is 0 Å². The van der Waals surface area contributed by atoms with Gasteiger partial charge in [0.05, 0.1) is 19.3 Å². The van der Waals surface area contributed by atoms with Crippen molar-refractivity contribution in [3.05, 3.63) is 54.1 Å². The van der Waals surface area contributed by atoms with E-state index in [9.17, 15) is 4.79 Å². The van der Waals surface area contributed by atoms with E-state index in [0.29, 0.717) is 29.4 Å². The predicted octanol–water partition coefficient (Wildman–Crippen LogP) is 3.31. The molecule has 104 valence electrons. The van der Waals surface area contributed by atoms with E-state index in [1.807, 2.05) is 6.92 Å². The van der Waals surface area contributed by atoms with E-state index in [4.69, 9.17) is 14.2 Å². The summed E-state index contributed by atoms with van der Waals surface area (Å²) in [5.74, 6) is 1.41. The van der Waals surface area contributed by atoms with Crippen molar-refractivity contribution < 1.29 is 19.0 Å². The lowest BCUT2D eigenvalue weighted by molar-refractivity contribution is 0.0734. The van der Waals surface area contributed by atoms with Gasteiger partial charge in [-0.05, 0) is 49.4 Å². The zero-order valence-corrected chi connectivity index (χ0v) is 11.5. The lowest BCUT2D eigenvalue weighted by Crippen LogP contribution is -2.08. The Morgan fingerprint density at radius 1 is 1.00 bits per heavy atom. The van der Waals surface area contributed by atoms with E-state index in [0.717, 1.165) is 0 Å². The third-order valence-corrected chi connectivity index (χ3v) is 2.65. The quantitative estimate of drug-likeness (QED) is 0.618. The van der Waals surface area contributed by atoms with Crippen molar-refractivity contribution in [1.82, 2.24) is 0 Å². The minimum atomic E-state index is -0.420.